The molecule has 2 fully saturated rings. The molecule has 204 valence electrons. The minimum absolute atomic E-state index is 0.0270. The first-order valence-corrected chi connectivity index (χ1v) is 12.9. The molecule has 3 aromatic rings. The number of benzene rings is 1. The number of aliphatic hydroxyl groups is 2. The minimum Gasteiger partial charge on any atom is -0.380 e. The van der Waals surface area contributed by atoms with Crippen LogP contribution in [0.15, 0.2) is 42.7 Å². The number of halogens is 3. The van der Waals surface area contributed by atoms with Gasteiger partial charge in [-0.05, 0) is 49.9 Å². The Kier molecular flexibility index (Phi) is 6.24. The predicted molar refractivity (Wildman–Crippen MR) is 136 cm³/mol. The summed E-state index contributed by atoms with van der Waals surface area (Å²) >= 11 is 0. The fourth-order valence-corrected chi connectivity index (χ4v) is 5.58. The quantitative estimate of drug-likeness (QED) is 0.459. The van der Waals surface area contributed by atoms with Gasteiger partial charge < -0.3 is 15.1 Å². The van der Waals surface area contributed by atoms with E-state index in [9.17, 15) is 23.4 Å². The van der Waals surface area contributed by atoms with Gasteiger partial charge in [-0.1, -0.05) is 45.0 Å². The first kappa shape index (κ1) is 26.8. The minimum atomic E-state index is -4.92. The van der Waals surface area contributed by atoms with Gasteiger partial charge >= 0.3 is 6.18 Å². The van der Waals surface area contributed by atoms with Gasteiger partial charge in [-0.25, -0.2) is 9.67 Å². The van der Waals surface area contributed by atoms with Crippen molar-refractivity contribution in [3.05, 3.63) is 65.2 Å². The zero-order valence-corrected chi connectivity index (χ0v) is 22.3. The molecule has 2 atom stereocenters. The lowest BCUT2D eigenvalue weighted by Crippen LogP contribution is -2.63. The molecule has 0 bridgehead atoms. The van der Waals surface area contributed by atoms with Gasteiger partial charge in [0, 0.05) is 42.0 Å². The van der Waals surface area contributed by atoms with Crippen LogP contribution >= 0.6 is 0 Å². The van der Waals surface area contributed by atoms with Gasteiger partial charge in [-0.2, -0.15) is 18.3 Å². The SMILES string of the molecule is CC(C)c1ccc([C@](O)(c2cncc(-c3nc([C@@](C)(O)C(F)(F)F)n(C4CC4)n3)c2)C2(C)CN(C)C2)cc1. The number of likely N-dealkylation sites (tertiary alicyclic amines) is 1. The van der Waals surface area contributed by atoms with Crippen molar-refractivity contribution < 1.29 is 23.4 Å². The highest BCUT2D eigenvalue weighted by atomic mass is 19.4. The molecular formula is C28H34F3N5O2. The zero-order valence-electron chi connectivity index (χ0n) is 22.3. The van der Waals surface area contributed by atoms with E-state index in [1.165, 1.54) is 10.9 Å². The van der Waals surface area contributed by atoms with Gasteiger partial charge in [-0.15, -0.1) is 0 Å². The topological polar surface area (TPSA) is 87.3 Å². The van der Waals surface area contributed by atoms with Gasteiger partial charge in [0.2, 0.25) is 5.60 Å². The summed E-state index contributed by atoms with van der Waals surface area (Å²) in [6.07, 6.45) is -0.523. The van der Waals surface area contributed by atoms with Gasteiger partial charge in [0.05, 0.1) is 6.04 Å². The van der Waals surface area contributed by atoms with Gasteiger partial charge in [0.1, 0.15) is 5.60 Å². The van der Waals surface area contributed by atoms with Gasteiger partial charge in [0.25, 0.3) is 0 Å². The monoisotopic (exact) mass is 529 g/mol. The molecule has 0 unspecified atom stereocenters. The third kappa shape index (κ3) is 4.23. The Bertz CT molecular complexity index is 1330. The van der Waals surface area contributed by atoms with E-state index in [1.54, 1.807) is 12.3 Å². The Balaban J connectivity index is 1.61. The number of hydrogen-bond donors (Lipinski definition) is 2. The fraction of sp³-hybridized carbons (Fsp3) is 0.536. The number of pyridine rings is 1. The highest BCUT2D eigenvalue weighted by Gasteiger charge is 2.57. The third-order valence-electron chi connectivity index (χ3n) is 8.03. The lowest BCUT2D eigenvalue weighted by atomic mass is 9.62. The van der Waals surface area contributed by atoms with Crippen molar-refractivity contribution in [1.82, 2.24) is 24.6 Å². The second kappa shape index (κ2) is 8.86. The summed E-state index contributed by atoms with van der Waals surface area (Å²) in [4.78, 5) is 10.6. The van der Waals surface area contributed by atoms with Crippen LogP contribution < -0.4 is 0 Å². The molecule has 10 heteroatoms. The largest absolute Gasteiger partial charge is 0.424 e. The average molecular weight is 530 g/mol. The number of nitrogens with zero attached hydrogens (tertiary/aromatic N) is 5. The van der Waals surface area contributed by atoms with Crippen LogP contribution in [-0.2, 0) is 11.2 Å². The molecule has 1 aromatic carbocycles. The van der Waals surface area contributed by atoms with E-state index < -0.39 is 28.6 Å². The predicted octanol–water partition coefficient (Wildman–Crippen LogP) is 4.76. The Hall–Kier alpha value is -2.82. The van der Waals surface area contributed by atoms with E-state index >= 15 is 0 Å². The molecule has 2 aliphatic rings. The van der Waals surface area contributed by atoms with Crippen LogP contribution in [0.4, 0.5) is 13.2 Å². The standard InChI is InChI=1S/C28H34F3N5O2/c1-17(2)18-6-8-20(9-7-18)27(38,25(3)15-35(5)16-25)21-12-19(13-32-14-21)23-33-24(26(4,37)28(29,30)31)36(34-23)22-10-11-22/h6-9,12-14,17,22,37-38H,10-11,15-16H2,1-5H3/t26-,27+/m1/s1. The van der Waals surface area contributed by atoms with E-state index in [4.69, 9.17) is 0 Å². The van der Waals surface area contributed by atoms with Crippen molar-refractivity contribution in [3.8, 4) is 11.4 Å². The van der Waals surface area contributed by atoms with Crippen molar-refractivity contribution >= 4 is 0 Å². The summed E-state index contributed by atoms with van der Waals surface area (Å²) in [5.41, 5.74) is -2.37. The molecule has 1 aliphatic carbocycles. The van der Waals surface area contributed by atoms with E-state index in [0.29, 0.717) is 55.5 Å². The highest BCUT2D eigenvalue weighted by molar-refractivity contribution is 5.56. The second-order valence-corrected chi connectivity index (χ2v) is 11.7. The molecular weight excluding hydrogens is 495 g/mol. The zero-order chi connectivity index (χ0) is 27.7. The normalized spacial score (nSPS) is 21.1. The summed E-state index contributed by atoms with van der Waals surface area (Å²) in [7, 11) is 1.99. The summed E-state index contributed by atoms with van der Waals surface area (Å²) in [6.45, 7) is 8.22. The second-order valence-electron chi connectivity index (χ2n) is 11.7. The Morgan fingerprint density at radius 3 is 2.18 bits per heavy atom. The maximum atomic E-state index is 13.7. The molecule has 0 radical (unpaired) electrons. The van der Waals surface area contributed by atoms with Crippen LogP contribution in [0.2, 0.25) is 0 Å². The van der Waals surface area contributed by atoms with Crippen molar-refractivity contribution in [2.24, 2.45) is 5.41 Å². The number of rotatable bonds is 7. The van der Waals surface area contributed by atoms with E-state index in [2.05, 4.69) is 33.8 Å². The van der Waals surface area contributed by atoms with Crippen molar-refractivity contribution in [3.63, 3.8) is 0 Å². The van der Waals surface area contributed by atoms with Gasteiger partial charge in [0.15, 0.2) is 11.6 Å². The smallest absolute Gasteiger partial charge is 0.380 e. The molecule has 2 aromatic heterocycles. The molecule has 7 nitrogen and oxygen atoms in total. The van der Waals surface area contributed by atoms with Crippen LogP contribution in [0.3, 0.4) is 0 Å². The molecule has 2 N–H and O–H groups in total. The summed E-state index contributed by atoms with van der Waals surface area (Å²) in [6, 6.07) is 9.36. The van der Waals surface area contributed by atoms with E-state index in [0.717, 1.165) is 5.56 Å². The van der Waals surface area contributed by atoms with Gasteiger partial charge in [-0.3, -0.25) is 4.98 Å². The molecule has 0 spiro atoms. The number of hydrogen-bond acceptors (Lipinski definition) is 6. The van der Waals surface area contributed by atoms with E-state index in [-0.39, 0.29) is 11.9 Å². The van der Waals surface area contributed by atoms with Crippen LogP contribution in [-0.4, -0.2) is 61.2 Å². The number of alkyl halides is 3. The maximum Gasteiger partial charge on any atom is 0.424 e. The van der Waals surface area contributed by atoms with Crippen molar-refractivity contribution in [1.29, 1.82) is 0 Å². The number of aromatic nitrogens is 4. The molecule has 5 rings (SSSR count). The highest BCUT2D eigenvalue weighted by Crippen LogP contribution is 2.50. The maximum absolute atomic E-state index is 13.7. The average Bonchev–Trinajstić information content (AvgIpc) is 3.59. The molecule has 3 heterocycles. The molecule has 1 aliphatic heterocycles. The van der Waals surface area contributed by atoms with Crippen LogP contribution in [0.1, 0.15) is 75.0 Å². The molecule has 0 amide bonds. The molecule has 1 saturated carbocycles. The molecule has 1 saturated heterocycles. The van der Waals surface area contributed by atoms with Crippen LogP contribution in [0.25, 0.3) is 11.4 Å². The first-order valence-electron chi connectivity index (χ1n) is 12.9. The Morgan fingerprint density at radius 2 is 1.66 bits per heavy atom. The molecule has 38 heavy (non-hydrogen) atoms. The third-order valence-corrected chi connectivity index (χ3v) is 8.03. The lowest BCUT2D eigenvalue weighted by molar-refractivity contribution is -0.262. The Morgan fingerprint density at radius 1 is 1.03 bits per heavy atom. The van der Waals surface area contributed by atoms with Crippen LogP contribution in [0.5, 0.6) is 0 Å². The van der Waals surface area contributed by atoms with Crippen LogP contribution in [0, 0.1) is 5.41 Å². The van der Waals surface area contributed by atoms with Crippen molar-refractivity contribution in [2.45, 2.75) is 69.9 Å². The lowest BCUT2D eigenvalue weighted by Gasteiger charge is -2.55. The van der Waals surface area contributed by atoms with Crippen molar-refractivity contribution in [2.75, 3.05) is 20.1 Å². The summed E-state index contributed by atoms with van der Waals surface area (Å²) in [5, 5.41) is 27.2. The summed E-state index contributed by atoms with van der Waals surface area (Å²) in [5.74, 6) is -0.178. The fourth-order valence-electron chi connectivity index (χ4n) is 5.58. The first-order chi connectivity index (χ1) is 17.7. The Labute approximate surface area is 220 Å². The summed E-state index contributed by atoms with van der Waals surface area (Å²) < 4.78 is 42.3. The van der Waals surface area contributed by atoms with E-state index in [1.807, 2.05) is 38.2 Å².